The molecule has 2 N–H and O–H groups in total. The Kier molecular flexibility index (Phi) is 19.6. The smallest absolute Gasteiger partial charge is 0.462 e. The summed E-state index contributed by atoms with van der Waals surface area (Å²) in [5, 5.41) is 0. The monoisotopic (exact) mass is 478 g/mol. The highest BCUT2D eigenvalue weighted by atomic mass is 31.2. The summed E-state index contributed by atoms with van der Waals surface area (Å²) in [4.78, 5) is 40.3. The third-order valence-electron chi connectivity index (χ3n) is 4.83. The van der Waals surface area contributed by atoms with E-state index in [0.717, 1.165) is 39.0 Å². The highest BCUT2D eigenvalue weighted by Crippen LogP contribution is 2.35. The summed E-state index contributed by atoms with van der Waals surface area (Å²) < 4.78 is 24.9. The van der Waals surface area contributed by atoms with Gasteiger partial charge in [-0.3, -0.25) is 14.1 Å². The molecule has 1 unspecified atom stereocenters. The van der Waals surface area contributed by atoms with Crippen molar-refractivity contribution in [3.8, 4) is 0 Å². The maximum absolute atomic E-state index is 11.8. The predicted octanol–water partition coefficient (Wildman–Crippen LogP) is 5.61. The Bertz CT molecular complexity index is 558. The largest absolute Gasteiger partial charge is 0.469 e. The average Bonchev–Trinajstić information content (AvgIpc) is 2.72. The molecule has 32 heavy (non-hydrogen) atoms. The van der Waals surface area contributed by atoms with Gasteiger partial charge < -0.3 is 19.3 Å². The van der Waals surface area contributed by atoms with Crippen LogP contribution in [0, 0.1) is 0 Å². The number of hydrogen-bond acceptors (Lipinski definition) is 6. The molecule has 0 saturated heterocycles. The van der Waals surface area contributed by atoms with Crippen molar-refractivity contribution < 1.29 is 37.9 Å². The van der Waals surface area contributed by atoms with Gasteiger partial charge in [0.15, 0.2) is 6.10 Å². The third kappa shape index (κ3) is 23.5. The molecule has 0 aliphatic rings. The molecule has 0 heterocycles. The number of allylic oxidation sites excluding steroid dienone is 2. The summed E-state index contributed by atoms with van der Waals surface area (Å²) in [6, 6.07) is 0. The van der Waals surface area contributed by atoms with Crippen molar-refractivity contribution in [2.24, 2.45) is 0 Å². The zero-order valence-corrected chi connectivity index (χ0v) is 20.7. The van der Waals surface area contributed by atoms with Gasteiger partial charge in [-0.15, -0.1) is 0 Å². The molecule has 188 valence electrons. The number of rotatable bonds is 21. The first kappa shape index (κ1) is 30.8. The van der Waals surface area contributed by atoms with Crippen LogP contribution in [-0.4, -0.2) is 41.0 Å². The molecule has 0 aromatic rings. The minimum absolute atomic E-state index is 0.254. The summed E-state index contributed by atoms with van der Waals surface area (Å²) in [7, 11) is -4.69. The van der Waals surface area contributed by atoms with Crippen molar-refractivity contribution >= 4 is 19.8 Å². The van der Waals surface area contributed by atoms with E-state index in [4.69, 9.17) is 19.3 Å². The Balaban J connectivity index is 3.66. The summed E-state index contributed by atoms with van der Waals surface area (Å²) in [5.74, 6) is -1.09. The van der Waals surface area contributed by atoms with Gasteiger partial charge in [0.05, 0.1) is 6.61 Å². The highest BCUT2D eigenvalue weighted by molar-refractivity contribution is 7.46. The van der Waals surface area contributed by atoms with Gasteiger partial charge >= 0.3 is 19.8 Å². The molecule has 0 aliphatic carbocycles. The van der Waals surface area contributed by atoms with E-state index in [2.05, 4.69) is 23.6 Å². The number of hydrogen-bond donors (Lipinski definition) is 2. The van der Waals surface area contributed by atoms with Gasteiger partial charge in [-0.05, 0) is 32.1 Å². The van der Waals surface area contributed by atoms with E-state index < -0.39 is 32.5 Å². The molecule has 0 rings (SSSR count). The second kappa shape index (κ2) is 20.4. The lowest BCUT2D eigenvalue weighted by molar-refractivity contribution is -0.159. The van der Waals surface area contributed by atoms with E-state index in [9.17, 15) is 14.2 Å². The summed E-state index contributed by atoms with van der Waals surface area (Å²) >= 11 is 0. The molecular formula is C23H43O8P. The standard InChI is InChI=1S/C23H43O8P/c1-3-4-5-6-7-8-9-10-11-12-13-14-15-16-17-18-23(25)29-19-22(31-21(2)24)20-30-32(26,27)28/h10-11,22H,3-9,12-20H2,1-2H3,(H2,26,27,28)/b11-10+. The molecule has 0 bridgehead atoms. The molecule has 9 heteroatoms. The summed E-state index contributed by atoms with van der Waals surface area (Å²) in [6.07, 6.45) is 19.0. The Morgan fingerprint density at radius 3 is 1.91 bits per heavy atom. The van der Waals surface area contributed by atoms with Gasteiger partial charge in [-0.2, -0.15) is 0 Å². The minimum atomic E-state index is -4.69. The van der Waals surface area contributed by atoms with E-state index in [0.29, 0.717) is 6.42 Å². The Morgan fingerprint density at radius 1 is 0.844 bits per heavy atom. The maximum atomic E-state index is 11.8. The first-order valence-electron chi connectivity index (χ1n) is 11.9. The number of carbonyl (C=O) groups is 2. The van der Waals surface area contributed by atoms with Gasteiger partial charge in [0.1, 0.15) is 6.61 Å². The SMILES string of the molecule is CCCCCCCC/C=C/CCCCCCCC(=O)OCC(COP(=O)(O)O)OC(C)=O. The van der Waals surface area contributed by atoms with E-state index in [1.807, 2.05) is 0 Å². The number of ether oxygens (including phenoxy) is 2. The van der Waals surface area contributed by atoms with Crippen molar-refractivity contribution in [1.82, 2.24) is 0 Å². The van der Waals surface area contributed by atoms with Gasteiger partial charge in [-0.25, -0.2) is 4.57 Å². The molecule has 0 fully saturated rings. The normalized spacial score (nSPS) is 12.8. The molecular weight excluding hydrogens is 435 g/mol. The minimum Gasteiger partial charge on any atom is -0.462 e. The number of unbranched alkanes of at least 4 members (excludes halogenated alkanes) is 11. The number of phosphoric ester groups is 1. The molecule has 0 saturated carbocycles. The van der Waals surface area contributed by atoms with E-state index in [-0.39, 0.29) is 13.0 Å². The molecule has 0 aromatic heterocycles. The fourth-order valence-corrected chi connectivity index (χ4v) is 3.49. The average molecular weight is 479 g/mol. The van der Waals surface area contributed by atoms with Crippen LogP contribution in [0.5, 0.6) is 0 Å². The maximum Gasteiger partial charge on any atom is 0.469 e. The molecule has 0 amide bonds. The van der Waals surface area contributed by atoms with Gasteiger partial charge in [0.25, 0.3) is 0 Å². The summed E-state index contributed by atoms with van der Waals surface area (Å²) in [5.41, 5.74) is 0. The topological polar surface area (TPSA) is 119 Å². The Hall–Kier alpha value is -1.21. The third-order valence-corrected chi connectivity index (χ3v) is 5.32. The van der Waals surface area contributed by atoms with Crippen molar-refractivity contribution in [2.75, 3.05) is 13.2 Å². The van der Waals surface area contributed by atoms with Gasteiger partial charge in [0, 0.05) is 13.3 Å². The van der Waals surface area contributed by atoms with Crippen LogP contribution >= 0.6 is 7.82 Å². The highest BCUT2D eigenvalue weighted by Gasteiger charge is 2.21. The van der Waals surface area contributed by atoms with Crippen LogP contribution in [0.2, 0.25) is 0 Å². The van der Waals surface area contributed by atoms with E-state index >= 15 is 0 Å². The Labute approximate surface area is 193 Å². The van der Waals surface area contributed by atoms with Crippen LogP contribution in [0.25, 0.3) is 0 Å². The fourth-order valence-electron chi connectivity index (χ4n) is 3.13. The van der Waals surface area contributed by atoms with E-state index in [1.54, 1.807) is 0 Å². The van der Waals surface area contributed by atoms with Gasteiger partial charge in [0.2, 0.25) is 0 Å². The molecule has 0 radical (unpaired) electrons. The second-order valence-electron chi connectivity index (χ2n) is 8.04. The van der Waals surface area contributed by atoms with Crippen molar-refractivity contribution in [1.29, 1.82) is 0 Å². The van der Waals surface area contributed by atoms with Crippen LogP contribution < -0.4 is 0 Å². The first-order chi connectivity index (χ1) is 15.2. The molecule has 0 aromatic carbocycles. The molecule has 0 spiro atoms. The zero-order chi connectivity index (χ0) is 24.1. The van der Waals surface area contributed by atoms with Crippen LogP contribution in [0.3, 0.4) is 0 Å². The quantitative estimate of drug-likeness (QED) is 0.0946. The predicted molar refractivity (Wildman–Crippen MR) is 124 cm³/mol. The van der Waals surface area contributed by atoms with Crippen LogP contribution in [0.1, 0.15) is 104 Å². The first-order valence-corrected chi connectivity index (χ1v) is 13.5. The van der Waals surface area contributed by atoms with E-state index in [1.165, 1.54) is 44.9 Å². The molecule has 8 nitrogen and oxygen atoms in total. The van der Waals surface area contributed by atoms with Crippen LogP contribution in [0.15, 0.2) is 12.2 Å². The molecule has 0 aliphatic heterocycles. The number of esters is 2. The second-order valence-corrected chi connectivity index (χ2v) is 9.27. The van der Waals surface area contributed by atoms with Crippen LogP contribution in [-0.2, 0) is 28.2 Å². The number of carbonyl (C=O) groups excluding carboxylic acids is 2. The lowest BCUT2D eigenvalue weighted by atomic mass is 10.1. The van der Waals surface area contributed by atoms with Gasteiger partial charge in [-0.1, -0.05) is 70.4 Å². The van der Waals surface area contributed by atoms with Crippen molar-refractivity contribution in [2.45, 2.75) is 110 Å². The number of phosphoric acid groups is 1. The lowest BCUT2D eigenvalue weighted by Crippen LogP contribution is -2.28. The zero-order valence-electron chi connectivity index (χ0n) is 19.8. The van der Waals surface area contributed by atoms with Crippen LogP contribution in [0.4, 0.5) is 0 Å². The fraction of sp³-hybridized carbons (Fsp3) is 0.826. The lowest BCUT2D eigenvalue weighted by Gasteiger charge is -2.17. The Morgan fingerprint density at radius 2 is 1.38 bits per heavy atom. The van der Waals surface area contributed by atoms with Crippen molar-refractivity contribution in [3.63, 3.8) is 0 Å². The molecule has 1 atom stereocenters. The summed E-state index contributed by atoms with van der Waals surface area (Å²) in [6.45, 7) is 2.53. The van der Waals surface area contributed by atoms with Crippen molar-refractivity contribution in [3.05, 3.63) is 12.2 Å².